The van der Waals surface area contributed by atoms with Crippen molar-refractivity contribution >= 4 is 0 Å². The monoisotopic (exact) mass is 226 g/mol. The normalized spacial score (nSPS) is 21.2. The topological polar surface area (TPSA) is 56.5 Å². The van der Waals surface area contributed by atoms with E-state index in [1.165, 1.54) is 0 Å². The second kappa shape index (κ2) is 4.53. The third-order valence-electron chi connectivity index (χ3n) is 2.51. The number of nitrogens with one attached hydrogen (secondary N) is 1. The molecule has 1 N–H and O–H groups in total. The van der Waals surface area contributed by atoms with Crippen LogP contribution in [0.15, 0.2) is 10.6 Å². The van der Waals surface area contributed by atoms with Gasteiger partial charge in [-0.3, -0.25) is 0 Å². The van der Waals surface area contributed by atoms with E-state index in [2.05, 4.69) is 10.5 Å². The van der Waals surface area contributed by atoms with E-state index in [1.807, 2.05) is 26.8 Å². The summed E-state index contributed by atoms with van der Waals surface area (Å²) in [5.74, 6) is 0.372. The zero-order chi connectivity index (χ0) is 11.6. The lowest BCUT2D eigenvalue weighted by molar-refractivity contribution is -0.253. The van der Waals surface area contributed by atoms with Crippen LogP contribution in [0.4, 0.5) is 0 Å². The molecule has 1 aliphatic heterocycles. The number of hydrogen-bond donors (Lipinski definition) is 1. The molecule has 0 unspecified atom stereocenters. The molecule has 0 radical (unpaired) electrons. The summed E-state index contributed by atoms with van der Waals surface area (Å²) < 4.78 is 16.1. The van der Waals surface area contributed by atoms with Crippen molar-refractivity contribution in [3.8, 4) is 0 Å². The molecule has 16 heavy (non-hydrogen) atoms. The molecule has 2 rings (SSSR count). The van der Waals surface area contributed by atoms with E-state index in [9.17, 15) is 0 Å². The first-order chi connectivity index (χ1) is 7.55. The van der Waals surface area contributed by atoms with Gasteiger partial charge in [-0.1, -0.05) is 5.16 Å². The molecule has 0 atom stereocenters. The fraction of sp³-hybridized carbons (Fsp3) is 0.727. The van der Waals surface area contributed by atoms with Crippen LogP contribution in [0.2, 0.25) is 0 Å². The summed E-state index contributed by atoms with van der Waals surface area (Å²) in [6.45, 7) is 7.71. The van der Waals surface area contributed by atoms with Crippen LogP contribution in [0.3, 0.4) is 0 Å². The van der Waals surface area contributed by atoms with E-state index in [0.717, 1.165) is 11.5 Å². The van der Waals surface area contributed by atoms with Crippen LogP contribution in [0, 0.1) is 6.92 Å². The molecule has 2 heterocycles. The molecule has 1 fully saturated rings. The van der Waals surface area contributed by atoms with E-state index >= 15 is 0 Å². The van der Waals surface area contributed by atoms with Crippen molar-refractivity contribution in [2.75, 3.05) is 13.2 Å². The maximum atomic E-state index is 5.54. The van der Waals surface area contributed by atoms with E-state index in [-0.39, 0.29) is 6.04 Å². The van der Waals surface area contributed by atoms with E-state index in [1.54, 1.807) is 0 Å². The molecule has 0 aliphatic carbocycles. The van der Waals surface area contributed by atoms with Gasteiger partial charge in [0.1, 0.15) is 5.76 Å². The Hall–Kier alpha value is -0.910. The number of hydrogen-bond acceptors (Lipinski definition) is 5. The molecule has 0 saturated carbocycles. The highest BCUT2D eigenvalue weighted by atomic mass is 16.7. The Morgan fingerprint density at radius 3 is 2.69 bits per heavy atom. The van der Waals surface area contributed by atoms with Crippen molar-refractivity contribution in [2.45, 2.75) is 39.1 Å². The molecular formula is C11H18N2O3. The lowest BCUT2D eigenvalue weighted by atomic mass is 10.2. The minimum absolute atomic E-state index is 0.213. The second-order valence-corrected chi connectivity index (χ2v) is 4.53. The fourth-order valence-electron chi connectivity index (χ4n) is 1.56. The summed E-state index contributed by atoms with van der Waals surface area (Å²) >= 11 is 0. The van der Waals surface area contributed by atoms with Crippen molar-refractivity contribution < 1.29 is 14.0 Å². The molecule has 0 amide bonds. The first-order valence-corrected chi connectivity index (χ1v) is 5.49. The predicted molar refractivity (Wildman–Crippen MR) is 57.9 cm³/mol. The molecule has 1 saturated heterocycles. The SMILES string of the molecule is Cc1cc(CNC2COC(C)(C)OC2)no1. The Balaban J connectivity index is 1.75. The van der Waals surface area contributed by atoms with E-state index in [0.29, 0.717) is 19.8 Å². The summed E-state index contributed by atoms with van der Waals surface area (Å²) in [5.41, 5.74) is 0.905. The molecule has 1 aromatic rings. The Kier molecular flexibility index (Phi) is 3.28. The highest BCUT2D eigenvalue weighted by Crippen LogP contribution is 2.17. The maximum Gasteiger partial charge on any atom is 0.162 e. The fourth-order valence-corrected chi connectivity index (χ4v) is 1.56. The van der Waals surface area contributed by atoms with Crippen LogP contribution >= 0.6 is 0 Å². The number of nitrogens with zero attached hydrogens (tertiary/aromatic N) is 1. The van der Waals surface area contributed by atoms with Crippen molar-refractivity contribution in [3.05, 3.63) is 17.5 Å². The Morgan fingerprint density at radius 2 is 2.12 bits per heavy atom. The minimum atomic E-state index is -0.456. The maximum absolute atomic E-state index is 5.54. The third-order valence-corrected chi connectivity index (χ3v) is 2.51. The molecule has 1 aromatic heterocycles. The number of rotatable bonds is 3. The molecular weight excluding hydrogens is 208 g/mol. The molecule has 0 aromatic carbocycles. The Labute approximate surface area is 95.1 Å². The molecule has 90 valence electrons. The third kappa shape index (κ3) is 3.04. The van der Waals surface area contributed by atoms with Gasteiger partial charge in [-0.2, -0.15) is 0 Å². The lowest BCUT2D eigenvalue weighted by Gasteiger charge is -2.35. The van der Waals surface area contributed by atoms with Crippen LogP contribution < -0.4 is 5.32 Å². The quantitative estimate of drug-likeness (QED) is 0.840. The van der Waals surface area contributed by atoms with Crippen LogP contribution in [0.25, 0.3) is 0 Å². The summed E-state index contributed by atoms with van der Waals surface area (Å²) in [7, 11) is 0. The van der Waals surface area contributed by atoms with Gasteiger partial charge in [-0.25, -0.2) is 0 Å². The zero-order valence-corrected chi connectivity index (χ0v) is 9.95. The van der Waals surface area contributed by atoms with Crippen LogP contribution in [0.1, 0.15) is 25.3 Å². The summed E-state index contributed by atoms with van der Waals surface area (Å²) in [6, 6.07) is 2.13. The molecule has 5 nitrogen and oxygen atoms in total. The molecule has 1 aliphatic rings. The highest BCUT2D eigenvalue weighted by molar-refractivity contribution is 5.03. The smallest absolute Gasteiger partial charge is 0.162 e. The Bertz CT molecular complexity index is 339. The van der Waals surface area contributed by atoms with Gasteiger partial charge >= 0.3 is 0 Å². The largest absolute Gasteiger partial charge is 0.361 e. The van der Waals surface area contributed by atoms with Crippen LogP contribution in [0.5, 0.6) is 0 Å². The Morgan fingerprint density at radius 1 is 1.44 bits per heavy atom. The van der Waals surface area contributed by atoms with Crippen molar-refractivity contribution in [2.24, 2.45) is 0 Å². The van der Waals surface area contributed by atoms with Crippen molar-refractivity contribution in [3.63, 3.8) is 0 Å². The zero-order valence-electron chi connectivity index (χ0n) is 9.95. The predicted octanol–water partition coefficient (Wildman–Crippen LogP) is 1.22. The first kappa shape index (κ1) is 11.6. The van der Waals surface area contributed by atoms with Gasteiger partial charge in [-0.15, -0.1) is 0 Å². The highest BCUT2D eigenvalue weighted by Gasteiger charge is 2.27. The standard InChI is InChI=1S/C11H18N2O3/c1-8-4-9(13-16-8)5-12-10-6-14-11(2,3)15-7-10/h4,10,12H,5-7H2,1-3H3. The number of aromatic nitrogens is 1. The van der Waals surface area contributed by atoms with Gasteiger partial charge in [0.25, 0.3) is 0 Å². The van der Waals surface area contributed by atoms with Gasteiger partial charge in [-0.05, 0) is 20.8 Å². The van der Waals surface area contributed by atoms with Gasteiger partial charge in [0.05, 0.1) is 24.9 Å². The van der Waals surface area contributed by atoms with Gasteiger partial charge in [0.2, 0.25) is 0 Å². The second-order valence-electron chi connectivity index (χ2n) is 4.53. The van der Waals surface area contributed by atoms with Crippen LogP contribution in [-0.2, 0) is 16.0 Å². The van der Waals surface area contributed by atoms with Gasteiger partial charge in [0.15, 0.2) is 5.79 Å². The van der Waals surface area contributed by atoms with E-state index in [4.69, 9.17) is 14.0 Å². The lowest BCUT2D eigenvalue weighted by Crippen LogP contribution is -2.48. The van der Waals surface area contributed by atoms with Crippen molar-refractivity contribution in [1.29, 1.82) is 0 Å². The number of aryl methyl sites for hydroxylation is 1. The molecule has 5 heteroatoms. The summed E-state index contributed by atoms with van der Waals surface area (Å²) in [6.07, 6.45) is 0. The minimum Gasteiger partial charge on any atom is -0.361 e. The average Bonchev–Trinajstić information content (AvgIpc) is 2.63. The van der Waals surface area contributed by atoms with Crippen molar-refractivity contribution in [1.82, 2.24) is 10.5 Å². The van der Waals surface area contributed by atoms with Crippen LogP contribution in [-0.4, -0.2) is 30.2 Å². The first-order valence-electron chi connectivity index (χ1n) is 5.49. The average molecular weight is 226 g/mol. The van der Waals surface area contributed by atoms with Gasteiger partial charge in [0, 0.05) is 12.6 Å². The molecule has 0 bridgehead atoms. The van der Waals surface area contributed by atoms with E-state index < -0.39 is 5.79 Å². The summed E-state index contributed by atoms with van der Waals surface area (Å²) in [4.78, 5) is 0. The molecule has 0 spiro atoms. The van der Waals surface area contributed by atoms with Gasteiger partial charge < -0.3 is 19.3 Å². The summed E-state index contributed by atoms with van der Waals surface area (Å²) in [5, 5.41) is 7.23. The number of ether oxygens (including phenoxy) is 2.